The van der Waals surface area contributed by atoms with Crippen molar-refractivity contribution in [2.75, 3.05) is 6.61 Å². The Morgan fingerprint density at radius 2 is 2.09 bits per heavy atom. The van der Waals surface area contributed by atoms with Crippen molar-refractivity contribution in [2.45, 2.75) is 20.8 Å². The first-order valence-electron chi connectivity index (χ1n) is 7.13. The summed E-state index contributed by atoms with van der Waals surface area (Å²) < 4.78 is 5.86. The minimum absolute atomic E-state index is 0.306. The van der Waals surface area contributed by atoms with E-state index in [-0.39, 0.29) is 5.97 Å². The van der Waals surface area contributed by atoms with Crippen LogP contribution in [0.15, 0.2) is 29.4 Å². The van der Waals surface area contributed by atoms with Crippen LogP contribution >= 0.6 is 22.9 Å². The molecular formula is C16H17ClN2O3S. The lowest BCUT2D eigenvalue weighted by Gasteiger charge is -2.09. The molecule has 1 heterocycles. The molecule has 0 aliphatic carbocycles. The van der Waals surface area contributed by atoms with Gasteiger partial charge in [0.2, 0.25) is 0 Å². The number of ether oxygens (including phenoxy) is 1. The number of carbonyl (C=O) groups is 2. The van der Waals surface area contributed by atoms with Crippen molar-refractivity contribution in [3.63, 3.8) is 0 Å². The van der Waals surface area contributed by atoms with E-state index in [9.17, 15) is 9.59 Å². The highest BCUT2D eigenvalue weighted by Crippen LogP contribution is 2.34. The first-order valence-corrected chi connectivity index (χ1v) is 8.33. The molecule has 0 bridgehead atoms. The van der Waals surface area contributed by atoms with Crippen LogP contribution in [0.5, 0.6) is 0 Å². The summed E-state index contributed by atoms with van der Waals surface area (Å²) in [6.45, 7) is 5.38. The van der Waals surface area contributed by atoms with Crippen molar-refractivity contribution in [3.05, 3.63) is 34.2 Å². The van der Waals surface area contributed by atoms with Gasteiger partial charge in [-0.15, -0.1) is 11.3 Å². The summed E-state index contributed by atoms with van der Waals surface area (Å²) in [6.07, 6.45) is 0. The van der Waals surface area contributed by atoms with Gasteiger partial charge in [-0.25, -0.2) is 5.43 Å². The molecule has 7 heteroatoms. The van der Waals surface area contributed by atoms with Crippen LogP contribution in [0.25, 0.3) is 10.1 Å². The zero-order valence-corrected chi connectivity index (χ0v) is 14.6. The molecule has 5 nitrogen and oxygen atoms in total. The van der Waals surface area contributed by atoms with Gasteiger partial charge in [-0.1, -0.05) is 29.8 Å². The van der Waals surface area contributed by atoms with Gasteiger partial charge in [-0.3, -0.25) is 9.59 Å². The molecule has 1 N–H and O–H groups in total. The van der Waals surface area contributed by atoms with Gasteiger partial charge in [-0.2, -0.15) is 5.10 Å². The molecule has 1 aromatic heterocycles. The predicted octanol–water partition coefficient (Wildman–Crippen LogP) is 3.86. The van der Waals surface area contributed by atoms with Crippen LogP contribution in [0.3, 0.4) is 0 Å². The van der Waals surface area contributed by atoms with Crippen molar-refractivity contribution in [1.82, 2.24) is 5.43 Å². The Morgan fingerprint density at radius 1 is 1.39 bits per heavy atom. The average Bonchev–Trinajstić information content (AvgIpc) is 2.89. The summed E-state index contributed by atoms with van der Waals surface area (Å²) in [5, 5.41) is 5.23. The van der Waals surface area contributed by atoms with Gasteiger partial charge < -0.3 is 4.74 Å². The molecule has 0 aliphatic rings. The first kappa shape index (κ1) is 17.4. The smallest absolute Gasteiger partial charge is 0.314 e. The van der Waals surface area contributed by atoms with Gasteiger partial charge in [0.05, 0.1) is 17.5 Å². The normalized spacial score (nSPS) is 13.0. The second-order valence-electron chi connectivity index (χ2n) is 4.91. The monoisotopic (exact) mass is 352 g/mol. The summed E-state index contributed by atoms with van der Waals surface area (Å²) in [7, 11) is 0. The number of nitrogens with zero attached hydrogens (tertiary/aromatic N) is 1. The molecule has 23 heavy (non-hydrogen) atoms. The van der Waals surface area contributed by atoms with Gasteiger partial charge in [0.15, 0.2) is 0 Å². The van der Waals surface area contributed by atoms with Crippen molar-refractivity contribution in [2.24, 2.45) is 11.0 Å². The number of hydrogen-bond donors (Lipinski definition) is 1. The Hall–Kier alpha value is -1.92. The van der Waals surface area contributed by atoms with E-state index >= 15 is 0 Å². The van der Waals surface area contributed by atoms with Crippen molar-refractivity contribution >= 4 is 50.6 Å². The highest BCUT2D eigenvalue weighted by atomic mass is 35.5. The Bertz CT molecular complexity index is 770. The highest BCUT2D eigenvalue weighted by Gasteiger charge is 2.19. The van der Waals surface area contributed by atoms with E-state index in [2.05, 4.69) is 10.5 Å². The fourth-order valence-corrected chi connectivity index (χ4v) is 3.29. The fraction of sp³-hybridized carbons (Fsp3) is 0.312. The number of halogens is 1. The SMILES string of the molecule is CCOC(=O)[C@H](C)/C(C)=N\NC(=O)c1sc2ccccc2c1Cl. The molecule has 1 atom stereocenters. The van der Waals surface area contributed by atoms with Crippen LogP contribution in [-0.2, 0) is 9.53 Å². The molecule has 0 unspecified atom stereocenters. The molecular weight excluding hydrogens is 336 g/mol. The molecule has 0 saturated carbocycles. The highest BCUT2D eigenvalue weighted by molar-refractivity contribution is 7.21. The van der Waals surface area contributed by atoms with Crippen LogP contribution in [0, 0.1) is 5.92 Å². The van der Waals surface area contributed by atoms with Crippen LogP contribution in [0.1, 0.15) is 30.4 Å². The largest absolute Gasteiger partial charge is 0.465 e. The number of carbonyl (C=O) groups excluding carboxylic acids is 2. The van der Waals surface area contributed by atoms with Crippen LogP contribution in [0.4, 0.5) is 0 Å². The number of fused-ring (bicyclic) bond motifs is 1. The van der Waals surface area contributed by atoms with E-state index < -0.39 is 11.8 Å². The Labute approximate surface area is 143 Å². The standard InChI is InChI=1S/C16H17ClN2O3S/c1-4-22-16(21)9(2)10(3)18-19-15(20)14-13(17)11-7-5-6-8-12(11)23-14/h5-9H,4H2,1-3H3,(H,19,20)/b18-10-/t9-/m1/s1. The van der Waals surface area contributed by atoms with Crippen LogP contribution in [-0.4, -0.2) is 24.2 Å². The lowest BCUT2D eigenvalue weighted by molar-refractivity contribution is -0.145. The first-order chi connectivity index (χ1) is 11.0. The maximum absolute atomic E-state index is 12.2. The predicted molar refractivity (Wildman–Crippen MR) is 93.2 cm³/mol. The molecule has 0 radical (unpaired) electrons. The minimum atomic E-state index is -0.520. The summed E-state index contributed by atoms with van der Waals surface area (Å²) in [4.78, 5) is 24.3. The van der Waals surface area contributed by atoms with Gasteiger partial charge in [-0.05, 0) is 26.8 Å². The molecule has 0 saturated heterocycles. The molecule has 1 aromatic carbocycles. The van der Waals surface area contributed by atoms with Crippen molar-refractivity contribution in [3.8, 4) is 0 Å². The molecule has 0 aliphatic heterocycles. The van der Waals surface area contributed by atoms with Crippen LogP contribution < -0.4 is 5.43 Å². The third-order valence-electron chi connectivity index (χ3n) is 3.34. The van der Waals surface area contributed by atoms with Gasteiger partial charge in [0.1, 0.15) is 4.88 Å². The summed E-state index contributed by atoms with van der Waals surface area (Å²) in [6, 6.07) is 7.52. The Kier molecular flexibility index (Phi) is 5.74. The lowest BCUT2D eigenvalue weighted by Crippen LogP contribution is -2.25. The maximum atomic E-state index is 12.2. The lowest BCUT2D eigenvalue weighted by atomic mass is 10.1. The third kappa shape index (κ3) is 3.89. The number of hydrogen-bond acceptors (Lipinski definition) is 5. The molecule has 0 spiro atoms. The summed E-state index contributed by atoms with van der Waals surface area (Å²) in [5.41, 5.74) is 2.91. The van der Waals surface area contributed by atoms with Crippen LogP contribution in [0.2, 0.25) is 5.02 Å². The number of nitrogens with one attached hydrogen (secondary N) is 1. The molecule has 0 fully saturated rings. The number of thiophene rings is 1. The van der Waals surface area contributed by atoms with Crippen molar-refractivity contribution in [1.29, 1.82) is 0 Å². The quantitative estimate of drug-likeness (QED) is 0.504. The van der Waals surface area contributed by atoms with E-state index in [0.29, 0.717) is 22.2 Å². The van der Waals surface area contributed by atoms with E-state index in [1.807, 2.05) is 24.3 Å². The average molecular weight is 353 g/mol. The molecule has 2 rings (SSSR count). The van der Waals surface area contributed by atoms with Gasteiger partial charge >= 0.3 is 5.97 Å². The van der Waals surface area contributed by atoms with E-state index in [4.69, 9.17) is 16.3 Å². The zero-order chi connectivity index (χ0) is 17.0. The number of amides is 1. The number of hydrazone groups is 1. The molecule has 1 amide bonds. The van der Waals surface area contributed by atoms with E-state index in [1.54, 1.807) is 20.8 Å². The number of esters is 1. The third-order valence-corrected chi connectivity index (χ3v) is 5.02. The zero-order valence-electron chi connectivity index (χ0n) is 13.1. The Morgan fingerprint density at radius 3 is 2.74 bits per heavy atom. The second kappa shape index (κ2) is 7.57. The van der Waals surface area contributed by atoms with Gasteiger partial charge in [0, 0.05) is 15.8 Å². The Balaban J connectivity index is 2.13. The van der Waals surface area contributed by atoms with E-state index in [1.165, 1.54) is 11.3 Å². The van der Waals surface area contributed by atoms with Crippen molar-refractivity contribution < 1.29 is 14.3 Å². The van der Waals surface area contributed by atoms with Gasteiger partial charge in [0.25, 0.3) is 5.91 Å². The van der Waals surface area contributed by atoms with E-state index in [0.717, 1.165) is 10.1 Å². The number of rotatable bonds is 5. The number of benzene rings is 1. The molecule has 2 aromatic rings. The summed E-state index contributed by atoms with van der Waals surface area (Å²) >= 11 is 7.55. The topological polar surface area (TPSA) is 67.8 Å². The maximum Gasteiger partial charge on any atom is 0.314 e. The second-order valence-corrected chi connectivity index (χ2v) is 6.34. The molecule has 122 valence electrons. The fourth-order valence-electron chi connectivity index (χ4n) is 1.88. The minimum Gasteiger partial charge on any atom is -0.465 e. The summed E-state index contributed by atoms with van der Waals surface area (Å²) in [5.74, 6) is -1.29.